The van der Waals surface area contributed by atoms with E-state index in [1.807, 2.05) is 24.3 Å². The van der Waals surface area contributed by atoms with Crippen LogP contribution in [0.5, 0.6) is 0 Å². The second kappa shape index (κ2) is 12.7. The Morgan fingerprint density at radius 1 is 0.667 bits per heavy atom. The number of hydrogen-bond donors (Lipinski definition) is 0. The maximum absolute atomic E-state index is 5.03. The molecule has 0 bridgehead atoms. The molecule has 0 aliphatic heterocycles. The van der Waals surface area contributed by atoms with Gasteiger partial charge in [-0.15, -0.1) is 13.1 Å². The van der Waals surface area contributed by atoms with Crippen LogP contribution in [-0.2, 0) is 26.2 Å². The number of rotatable bonds is 6. The van der Waals surface area contributed by atoms with E-state index < -0.39 is 0 Å². The van der Waals surface area contributed by atoms with Crippen LogP contribution >= 0.6 is 20.2 Å². The molecule has 1 fully saturated rings. The van der Waals surface area contributed by atoms with Crippen molar-refractivity contribution >= 4 is 42.0 Å². The van der Waals surface area contributed by atoms with Gasteiger partial charge in [-0.3, -0.25) is 9.97 Å². The van der Waals surface area contributed by atoms with Crippen molar-refractivity contribution in [2.75, 3.05) is 0 Å². The largest absolute Gasteiger partial charge is 0.656 e. The first-order chi connectivity index (χ1) is 16.3. The molecule has 2 atom stereocenters. The summed E-state index contributed by atoms with van der Waals surface area (Å²) in [7, 11) is 9.53. The molecule has 174 valence electrons. The first-order valence-corrected chi connectivity index (χ1v) is 14.2. The Bertz CT molecular complexity index is 1080. The third-order valence-electron chi connectivity index (χ3n) is 5.98. The smallest absolute Gasteiger partial charge is 0.0704 e. The van der Waals surface area contributed by atoms with E-state index >= 15 is 0 Å². The van der Waals surface area contributed by atoms with Crippen LogP contribution in [0, 0.1) is 0 Å². The molecule has 0 radical (unpaired) electrons. The third-order valence-corrected chi connectivity index (χ3v) is 5.98. The van der Waals surface area contributed by atoms with Gasteiger partial charge in [-0.05, 0) is 24.3 Å². The van der Waals surface area contributed by atoms with E-state index in [4.69, 9.17) is 40.8 Å². The van der Waals surface area contributed by atoms with Crippen molar-refractivity contribution in [2.24, 2.45) is 0 Å². The fourth-order valence-electron chi connectivity index (χ4n) is 4.33. The molecule has 33 heavy (non-hydrogen) atoms. The van der Waals surface area contributed by atoms with Crippen LogP contribution in [0.4, 0.5) is 0 Å². The van der Waals surface area contributed by atoms with Gasteiger partial charge in [0.15, 0.2) is 0 Å². The molecule has 7 heteroatoms. The van der Waals surface area contributed by atoms with Gasteiger partial charge in [0, 0.05) is 22.2 Å². The maximum Gasteiger partial charge on any atom is 0.0704 e. The Morgan fingerprint density at radius 2 is 1.09 bits per heavy atom. The monoisotopic (exact) mass is 520 g/mol. The third kappa shape index (κ3) is 6.89. The number of nitrogens with zero attached hydrogens (tertiary/aromatic N) is 4. The van der Waals surface area contributed by atoms with Gasteiger partial charge in [0.25, 0.3) is 0 Å². The van der Waals surface area contributed by atoms with E-state index in [0.717, 1.165) is 35.3 Å². The summed E-state index contributed by atoms with van der Waals surface area (Å²) in [5.41, 5.74) is 4.15. The first-order valence-electron chi connectivity index (χ1n) is 11.1. The predicted molar refractivity (Wildman–Crippen MR) is 135 cm³/mol. The second-order valence-electron chi connectivity index (χ2n) is 8.14. The number of pyridine rings is 2. The summed E-state index contributed by atoms with van der Waals surface area (Å²) in [5, 5.41) is 12.4. The van der Waals surface area contributed by atoms with Crippen LogP contribution < -0.4 is 0 Å². The number of halogens is 2. The van der Waals surface area contributed by atoms with Gasteiger partial charge in [0.2, 0.25) is 0 Å². The minimum Gasteiger partial charge on any atom is -0.656 e. The predicted octanol–water partition coefficient (Wildman–Crippen LogP) is 7.92. The number of benzene rings is 2. The number of aromatic nitrogens is 2. The Balaban J connectivity index is 0.000000821. The number of hydrogen-bond acceptors (Lipinski definition) is 2. The molecule has 0 unspecified atom stereocenters. The first kappa shape index (κ1) is 24.4. The van der Waals surface area contributed by atoms with Gasteiger partial charge >= 0.3 is 33.3 Å². The van der Waals surface area contributed by atoms with Crippen molar-refractivity contribution < 1.29 is 13.1 Å². The molecular formula is C26H26Cl2FeN4-2. The molecule has 5 rings (SSSR count). The van der Waals surface area contributed by atoms with Crippen LogP contribution in [0.15, 0.2) is 72.8 Å². The second-order valence-corrected chi connectivity index (χ2v) is 9.97. The summed E-state index contributed by atoms with van der Waals surface area (Å²) in [6, 6.07) is 25.5. The van der Waals surface area contributed by atoms with Gasteiger partial charge in [0.1, 0.15) is 0 Å². The van der Waals surface area contributed by atoms with Crippen molar-refractivity contribution in [1.29, 1.82) is 0 Å². The fourth-order valence-corrected chi connectivity index (χ4v) is 4.33. The molecule has 0 spiro atoms. The molecule has 0 amide bonds. The number of fused-ring (bicyclic) bond motifs is 2. The van der Waals surface area contributed by atoms with Gasteiger partial charge in [-0.1, -0.05) is 74.2 Å². The Labute approximate surface area is 210 Å². The maximum atomic E-state index is 5.03. The van der Waals surface area contributed by atoms with E-state index in [1.54, 1.807) is 0 Å². The molecule has 4 nitrogen and oxygen atoms in total. The molecule has 0 saturated heterocycles. The van der Waals surface area contributed by atoms with Crippen LogP contribution in [-0.4, -0.2) is 22.1 Å². The molecule has 1 aliphatic carbocycles. The van der Waals surface area contributed by atoms with E-state index in [1.165, 1.54) is 23.6 Å². The van der Waals surface area contributed by atoms with Crippen LogP contribution in [0.1, 0.15) is 37.1 Å². The van der Waals surface area contributed by atoms with Crippen LogP contribution in [0.2, 0.25) is 0 Å². The topological polar surface area (TPSA) is 54.0 Å². The summed E-state index contributed by atoms with van der Waals surface area (Å²) < 4.78 is 0. The molecule has 2 heterocycles. The Hall–Kier alpha value is -1.72. The van der Waals surface area contributed by atoms with E-state index in [2.05, 4.69) is 48.5 Å². The zero-order chi connectivity index (χ0) is 22.9. The molecular weight excluding hydrogens is 495 g/mol. The zero-order valence-electron chi connectivity index (χ0n) is 18.2. The molecule has 0 N–H and O–H groups in total. The van der Waals surface area contributed by atoms with Gasteiger partial charge < -0.3 is 10.6 Å². The van der Waals surface area contributed by atoms with Crippen molar-refractivity contribution in [3.05, 3.63) is 94.8 Å². The summed E-state index contributed by atoms with van der Waals surface area (Å²) >= 11 is 0.194. The molecule has 1 saturated carbocycles. The van der Waals surface area contributed by atoms with Crippen molar-refractivity contribution in [3.8, 4) is 0 Å². The molecule has 2 aromatic carbocycles. The average Bonchev–Trinajstić information content (AvgIpc) is 2.87. The van der Waals surface area contributed by atoms with Gasteiger partial charge in [-0.2, -0.15) is 12.1 Å². The number of para-hydroxylation sites is 2. The summed E-state index contributed by atoms with van der Waals surface area (Å²) in [6.07, 6.45) is 4.71. The van der Waals surface area contributed by atoms with Gasteiger partial charge in [-0.25, -0.2) is 0 Å². The van der Waals surface area contributed by atoms with Crippen molar-refractivity contribution in [2.45, 2.75) is 50.9 Å². The Morgan fingerprint density at radius 3 is 1.55 bits per heavy atom. The molecule has 2 aromatic heterocycles. The van der Waals surface area contributed by atoms with Crippen molar-refractivity contribution in [1.82, 2.24) is 9.97 Å². The van der Waals surface area contributed by atoms with E-state index in [0.29, 0.717) is 13.1 Å². The quantitative estimate of drug-likeness (QED) is 0.242. The van der Waals surface area contributed by atoms with E-state index in [9.17, 15) is 0 Å². The normalized spacial score (nSPS) is 18.2. The zero-order valence-corrected chi connectivity index (χ0v) is 20.8. The minimum atomic E-state index is 0.194. The average molecular weight is 521 g/mol. The molecule has 4 aromatic rings. The van der Waals surface area contributed by atoms with Crippen LogP contribution in [0.3, 0.4) is 0 Å². The SMILES string of the molecule is [Cl][Fe][Cl].c1ccc2nc(C[N-][C@H]3CCCC[C@H]3[N-]Cc3ccc4ccccc4n3)ccc2c1. The summed E-state index contributed by atoms with van der Waals surface area (Å²) in [6.45, 7) is 1.32. The van der Waals surface area contributed by atoms with Gasteiger partial charge in [0.05, 0.1) is 11.0 Å². The standard InChI is InChI=1S/C26H26N4.2ClH.Fe/c1-3-9-23-19(7-1)13-15-21(29-23)17-27-25-11-5-6-12-26(25)28-18-22-16-14-20-8-2-4-10-24(20)30-22;;;/h1-4,7-10,13-16,25-26H,5-6,11-12,17-18H2;2*1H;/q-2;;;+2/p-2/t25-,26+;;;. The van der Waals surface area contributed by atoms with Crippen molar-refractivity contribution in [3.63, 3.8) is 0 Å². The van der Waals surface area contributed by atoms with E-state index in [-0.39, 0.29) is 25.2 Å². The Kier molecular flexibility index (Phi) is 9.36. The van der Waals surface area contributed by atoms with Crippen LogP contribution in [0.25, 0.3) is 32.4 Å². The molecule has 1 aliphatic rings. The minimum absolute atomic E-state index is 0.194. The fraction of sp³-hybridized carbons (Fsp3) is 0.308. The summed E-state index contributed by atoms with van der Waals surface area (Å²) in [4.78, 5) is 9.55. The summed E-state index contributed by atoms with van der Waals surface area (Å²) in [5.74, 6) is 0.